The lowest BCUT2D eigenvalue weighted by Crippen LogP contribution is -2.29. The molecule has 0 unspecified atom stereocenters. The third-order valence-corrected chi connectivity index (χ3v) is 2.34. The normalized spacial score (nSPS) is 9.67. The highest BCUT2D eigenvalue weighted by Crippen LogP contribution is 2.19. The van der Waals surface area contributed by atoms with Crippen molar-refractivity contribution in [3.8, 4) is 0 Å². The third-order valence-electron chi connectivity index (χ3n) is 1.55. The first kappa shape index (κ1) is 11.4. The fraction of sp³-hybridized carbons (Fsp3) is 0.375. The number of carbonyl (C=O) groups excluding carboxylic acids is 1. The molecule has 1 aromatic rings. The average molecular weight is 229 g/mol. The van der Waals surface area contributed by atoms with E-state index in [0.717, 1.165) is 11.3 Å². The summed E-state index contributed by atoms with van der Waals surface area (Å²) in [5, 5.41) is 14.4. The first-order chi connectivity index (χ1) is 7.15. The Balaban J connectivity index is 2.54. The largest absolute Gasteiger partial charge is 0.476 e. The Hall–Kier alpha value is -1.63. The summed E-state index contributed by atoms with van der Waals surface area (Å²) in [6.45, 7) is 2.42. The Bertz CT molecular complexity index is 364. The topological polar surface area (TPSA) is 91.3 Å². The van der Waals surface area contributed by atoms with Crippen molar-refractivity contribution in [3.05, 3.63) is 11.2 Å². The van der Waals surface area contributed by atoms with Crippen LogP contribution in [0.4, 0.5) is 5.00 Å². The number of hydrogen-bond acceptors (Lipinski definition) is 5. The second-order valence-corrected chi connectivity index (χ2v) is 3.50. The summed E-state index contributed by atoms with van der Waals surface area (Å²) in [6.07, 6.45) is 0. The molecule has 1 rings (SSSR count). The first-order valence-electron chi connectivity index (χ1n) is 4.32. The molecular weight excluding hydrogens is 218 g/mol. The molecule has 0 aliphatic heterocycles. The molecule has 1 aromatic heterocycles. The molecule has 0 aromatic carbocycles. The van der Waals surface area contributed by atoms with E-state index in [1.54, 1.807) is 0 Å². The summed E-state index contributed by atoms with van der Waals surface area (Å²) in [4.78, 5) is 25.4. The van der Waals surface area contributed by atoms with Gasteiger partial charge in [0.15, 0.2) is 5.69 Å². The molecule has 0 aliphatic carbocycles. The molecule has 0 saturated heterocycles. The maximum absolute atomic E-state index is 11.1. The number of amides is 1. The van der Waals surface area contributed by atoms with Crippen LogP contribution in [-0.4, -0.2) is 35.1 Å². The van der Waals surface area contributed by atoms with E-state index in [2.05, 4.69) is 15.6 Å². The Kier molecular flexibility index (Phi) is 4.04. The molecule has 82 valence electrons. The van der Waals surface area contributed by atoms with Crippen LogP contribution in [0.2, 0.25) is 0 Å². The number of carbonyl (C=O) groups is 2. The molecule has 7 heteroatoms. The van der Waals surface area contributed by atoms with Crippen molar-refractivity contribution in [2.45, 2.75) is 6.92 Å². The molecule has 1 heterocycles. The van der Waals surface area contributed by atoms with Crippen molar-refractivity contribution in [1.29, 1.82) is 0 Å². The van der Waals surface area contributed by atoms with Crippen molar-refractivity contribution in [1.82, 2.24) is 10.3 Å². The van der Waals surface area contributed by atoms with Gasteiger partial charge < -0.3 is 15.7 Å². The monoisotopic (exact) mass is 229 g/mol. The number of nitrogens with one attached hydrogen (secondary N) is 2. The minimum Gasteiger partial charge on any atom is -0.476 e. The van der Waals surface area contributed by atoms with Crippen molar-refractivity contribution in [2.75, 3.05) is 18.4 Å². The van der Waals surface area contributed by atoms with Crippen LogP contribution >= 0.6 is 11.3 Å². The number of likely N-dealkylation sites (N-methyl/N-ethyl adjacent to an activating group) is 1. The molecule has 3 N–H and O–H groups in total. The van der Waals surface area contributed by atoms with E-state index in [1.165, 1.54) is 5.51 Å². The molecule has 1 amide bonds. The Morgan fingerprint density at radius 2 is 2.33 bits per heavy atom. The molecule has 0 fully saturated rings. The second-order valence-electron chi connectivity index (χ2n) is 2.64. The van der Waals surface area contributed by atoms with E-state index in [-0.39, 0.29) is 18.1 Å². The van der Waals surface area contributed by atoms with E-state index in [1.807, 2.05) is 6.92 Å². The predicted octanol–water partition coefficient (Wildman–Crippen LogP) is 0.389. The number of nitrogens with zero attached hydrogens (tertiary/aromatic N) is 1. The van der Waals surface area contributed by atoms with Gasteiger partial charge in [0.1, 0.15) is 5.00 Å². The maximum atomic E-state index is 11.1. The molecule has 0 radical (unpaired) electrons. The zero-order valence-electron chi connectivity index (χ0n) is 8.11. The van der Waals surface area contributed by atoms with E-state index in [9.17, 15) is 9.59 Å². The van der Waals surface area contributed by atoms with Crippen LogP contribution in [-0.2, 0) is 4.79 Å². The summed E-state index contributed by atoms with van der Waals surface area (Å²) in [5.74, 6) is -1.28. The summed E-state index contributed by atoms with van der Waals surface area (Å²) in [5.41, 5.74) is 1.37. The molecule has 0 atom stereocenters. The molecule has 0 saturated carbocycles. The number of carboxylic acid groups (broad SMARTS) is 1. The van der Waals surface area contributed by atoms with Gasteiger partial charge >= 0.3 is 5.97 Å². The molecule has 0 aliphatic rings. The smallest absolute Gasteiger partial charge is 0.357 e. The van der Waals surface area contributed by atoms with Crippen LogP contribution in [0, 0.1) is 0 Å². The lowest BCUT2D eigenvalue weighted by Gasteiger charge is -2.04. The van der Waals surface area contributed by atoms with Gasteiger partial charge in [-0.25, -0.2) is 9.78 Å². The van der Waals surface area contributed by atoms with Gasteiger partial charge in [0.2, 0.25) is 5.91 Å². The quantitative estimate of drug-likeness (QED) is 0.679. The van der Waals surface area contributed by atoms with Crippen LogP contribution in [0.25, 0.3) is 0 Å². The van der Waals surface area contributed by atoms with Gasteiger partial charge in [-0.3, -0.25) is 4.79 Å². The molecular formula is C8H11N3O3S. The van der Waals surface area contributed by atoms with Gasteiger partial charge in [0, 0.05) is 6.54 Å². The number of rotatable bonds is 5. The van der Waals surface area contributed by atoms with Crippen LogP contribution in [0.5, 0.6) is 0 Å². The van der Waals surface area contributed by atoms with Crippen LogP contribution in [0.1, 0.15) is 17.4 Å². The van der Waals surface area contributed by atoms with E-state index < -0.39 is 5.97 Å². The first-order valence-corrected chi connectivity index (χ1v) is 5.20. The lowest BCUT2D eigenvalue weighted by atomic mass is 10.4. The van der Waals surface area contributed by atoms with Crippen molar-refractivity contribution in [3.63, 3.8) is 0 Å². The summed E-state index contributed by atoms with van der Waals surface area (Å²) in [6, 6.07) is 0. The zero-order chi connectivity index (χ0) is 11.3. The predicted molar refractivity (Wildman–Crippen MR) is 56.2 cm³/mol. The fourth-order valence-corrected chi connectivity index (χ4v) is 1.61. The van der Waals surface area contributed by atoms with E-state index >= 15 is 0 Å². The molecule has 0 spiro atoms. The van der Waals surface area contributed by atoms with Gasteiger partial charge in [-0.1, -0.05) is 0 Å². The zero-order valence-corrected chi connectivity index (χ0v) is 8.93. The number of carboxylic acids is 1. The number of aromatic carboxylic acids is 1. The minimum absolute atomic E-state index is 0.0516. The lowest BCUT2D eigenvalue weighted by molar-refractivity contribution is -0.119. The Morgan fingerprint density at radius 1 is 1.60 bits per heavy atom. The van der Waals surface area contributed by atoms with E-state index in [0.29, 0.717) is 11.5 Å². The van der Waals surface area contributed by atoms with Crippen LogP contribution < -0.4 is 10.6 Å². The van der Waals surface area contributed by atoms with Gasteiger partial charge in [-0.2, -0.15) is 0 Å². The standard InChI is InChI=1S/C8H11N3O3S/c1-2-9-5(12)3-10-7-6(8(13)14)11-4-15-7/h4,10H,2-3H2,1H3,(H,9,12)(H,13,14). The third kappa shape index (κ3) is 3.21. The molecule has 15 heavy (non-hydrogen) atoms. The van der Waals surface area contributed by atoms with E-state index in [4.69, 9.17) is 5.11 Å². The number of hydrogen-bond donors (Lipinski definition) is 3. The SMILES string of the molecule is CCNC(=O)CNc1scnc1C(=O)O. The highest BCUT2D eigenvalue weighted by atomic mass is 32.1. The van der Waals surface area contributed by atoms with Gasteiger partial charge in [-0.15, -0.1) is 11.3 Å². The fourth-order valence-electron chi connectivity index (χ4n) is 0.944. The number of anilines is 1. The van der Waals surface area contributed by atoms with Crippen molar-refractivity contribution in [2.24, 2.45) is 0 Å². The highest BCUT2D eigenvalue weighted by molar-refractivity contribution is 7.14. The van der Waals surface area contributed by atoms with Crippen molar-refractivity contribution < 1.29 is 14.7 Å². The van der Waals surface area contributed by atoms with Gasteiger partial charge in [0.05, 0.1) is 12.1 Å². The summed E-state index contributed by atoms with van der Waals surface area (Å²) in [7, 11) is 0. The number of aromatic nitrogens is 1. The van der Waals surface area contributed by atoms with Crippen LogP contribution in [0.3, 0.4) is 0 Å². The number of thiazole rings is 1. The van der Waals surface area contributed by atoms with Gasteiger partial charge in [-0.05, 0) is 6.92 Å². The summed E-state index contributed by atoms with van der Waals surface area (Å²) >= 11 is 1.15. The van der Waals surface area contributed by atoms with Crippen LogP contribution in [0.15, 0.2) is 5.51 Å². The van der Waals surface area contributed by atoms with Crippen molar-refractivity contribution >= 4 is 28.2 Å². The average Bonchev–Trinajstić information content (AvgIpc) is 2.63. The highest BCUT2D eigenvalue weighted by Gasteiger charge is 2.13. The molecule has 0 bridgehead atoms. The minimum atomic E-state index is -1.10. The Labute approximate surface area is 90.3 Å². The second kappa shape index (κ2) is 5.30. The molecule has 6 nitrogen and oxygen atoms in total. The maximum Gasteiger partial charge on any atom is 0.357 e. The summed E-state index contributed by atoms with van der Waals surface area (Å²) < 4.78 is 0. The Morgan fingerprint density at radius 3 is 2.93 bits per heavy atom. The van der Waals surface area contributed by atoms with Gasteiger partial charge in [0.25, 0.3) is 0 Å².